The number of hydrogen-bond acceptors (Lipinski definition) is 5. The molecule has 1 fully saturated rings. The Morgan fingerprint density at radius 2 is 1.93 bits per heavy atom. The van der Waals surface area contributed by atoms with E-state index in [0.717, 1.165) is 61.5 Å². The van der Waals surface area contributed by atoms with Crippen LogP contribution in [0.1, 0.15) is 37.0 Å². The van der Waals surface area contributed by atoms with Crippen LogP contribution in [0, 0.1) is 6.92 Å². The summed E-state index contributed by atoms with van der Waals surface area (Å²) in [7, 11) is 3.66. The van der Waals surface area contributed by atoms with Crippen molar-refractivity contribution in [2.75, 3.05) is 26.8 Å². The zero-order valence-electron chi connectivity index (χ0n) is 17.9. The molecule has 8 nitrogen and oxygen atoms in total. The lowest BCUT2D eigenvalue weighted by atomic mass is 10.1. The molecule has 0 amide bonds. The van der Waals surface area contributed by atoms with E-state index >= 15 is 0 Å². The first kappa shape index (κ1) is 21.1. The van der Waals surface area contributed by atoms with Crippen LogP contribution in [0.3, 0.4) is 0 Å². The Bertz CT molecular complexity index is 794. The zero-order chi connectivity index (χ0) is 20.6. The lowest BCUT2D eigenvalue weighted by Gasteiger charge is -2.34. The Morgan fingerprint density at radius 3 is 2.52 bits per heavy atom. The number of ether oxygens (including phenoxy) is 2. The van der Waals surface area contributed by atoms with Crippen LogP contribution in [0.4, 0.5) is 0 Å². The summed E-state index contributed by atoms with van der Waals surface area (Å²) >= 11 is 0. The Balaban J connectivity index is 1.68. The molecule has 1 saturated heterocycles. The fraction of sp³-hybridized carbons (Fsp3) is 0.571. The Labute approximate surface area is 172 Å². The third-order valence-corrected chi connectivity index (χ3v) is 5.30. The first-order chi connectivity index (χ1) is 14.1. The number of rotatable bonds is 7. The number of piperidine rings is 1. The second-order valence-electron chi connectivity index (χ2n) is 7.21. The van der Waals surface area contributed by atoms with Gasteiger partial charge >= 0.3 is 0 Å². The molecular weight excluding hydrogens is 368 g/mol. The smallest absolute Gasteiger partial charge is 0.194 e. The van der Waals surface area contributed by atoms with E-state index in [9.17, 15) is 0 Å². The van der Waals surface area contributed by atoms with Crippen LogP contribution in [0.15, 0.2) is 29.3 Å². The molecular formula is C21H32N6O2. The highest BCUT2D eigenvalue weighted by molar-refractivity contribution is 5.80. The number of aliphatic imine (C=N–C) groups is 1. The third-order valence-electron chi connectivity index (χ3n) is 5.30. The molecule has 0 atom stereocenters. The number of nitrogens with one attached hydrogen (secondary N) is 1. The SMILES string of the molecule is CCOC1CCN(C(=NCc2ccc(OC)cc2)NCc2nnc(C)n2C)CC1. The second kappa shape index (κ2) is 10.2. The van der Waals surface area contributed by atoms with Crippen LogP contribution >= 0.6 is 0 Å². The molecule has 1 aromatic carbocycles. The van der Waals surface area contributed by atoms with E-state index in [0.29, 0.717) is 19.2 Å². The summed E-state index contributed by atoms with van der Waals surface area (Å²) in [5.74, 6) is 3.54. The van der Waals surface area contributed by atoms with Gasteiger partial charge in [0.05, 0.1) is 26.3 Å². The van der Waals surface area contributed by atoms with Gasteiger partial charge in [-0.15, -0.1) is 10.2 Å². The summed E-state index contributed by atoms with van der Waals surface area (Å²) in [6, 6.07) is 8.03. The topological polar surface area (TPSA) is 76.8 Å². The number of likely N-dealkylation sites (tertiary alicyclic amines) is 1. The van der Waals surface area contributed by atoms with Gasteiger partial charge in [-0.05, 0) is 44.4 Å². The monoisotopic (exact) mass is 400 g/mol. The number of aryl methyl sites for hydroxylation is 1. The largest absolute Gasteiger partial charge is 0.497 e. The van der Waals surface area contributed by atoms with Crippen molar-refractivity contribution in [1.29, 1.82) is 0 Å². The van der Waals surface area contributed by atoms with Gasteiger partial charge < -0.3 is 24.3 Å². The summed E-state index contributed by atoms with van der Waals surface area (Å²) in [5, 5.41) is 11.9. The van der Waals surface area contributed by atoms with Crippen molar-refractivity contribution in [3.63, 3.8) is 0 Å². The van der Waals surface area contributed by atoms with Crippen molar-refractivity contribution in [3.05, 3.63) is 41.5 Å². The first-order valence-corrected chi connectivity index (χ1v) is 10.2. The van der Waals surface area contributed by atoms with Crippen LogP contribution in [0.2, 0.25) is 0 Å². The minimum atomic E-state index is 0.348. The van der Waals surface area contributed by atoms with E-state index in [1.165, 1.54) is 0 Å². The lowest BCUT2D eigenvalue weighted by molar-refractivity contribution is 0.0263. The number of aromatic nitrogens is 3. The molecule has 1 aliphatic heterocycles. The highest BCUT2D eigenvalue weighted by Gasteiger charge is 2.22. The maximum Gasteiger partial charge on any atom is 0.194 e. The first-order valence-electron chi connectivity index (χ1n) is 10.2. The number of nitrogens with zero attached hydrogens (tertiary/aromatic N) is 5. The van der Waals surface area contributed by atoms with Crippen LogP contribution in [-0.4, -0.2) is 58.5 Å². The van der Waals surface area contributed by atoms with E-state index in [4.69, 9.17) is 14.5 Å². The van der Waals surface area contributed by atoms with E-state index in [1.807, 2.05) is 42.8 Å². The molecule has 0 spiro atoms. The number of methoxy groups -OCH3 is 1. The van der Waals surface area contributed by atoms with E-state index in [-0.39, 0.29) is 0 Å². The van der Waals surface area contributed by atoms with E-state index in [2.05, 4.69) is 27.3 Å². The highest BCUT2D eigenvalue weighted by atomic mass is 16.5. The van der Waals surface area contributed by atoms with Crippen molar-refractivity contribution < 1.29 is 9.47 Å². The van der Waals surface area contributed by atoms with Crippen molar-refractivity contribution in [3.8, 4) is 5.75 Å². The van der Waals surface area contributed by atoms with E-state index < -0.39 is 0 Å². The maximum absolute atomic E-state index is 5.79. The van der Waals surface area contributed by atoms with Gasteiger partial charge in [0, 0.05) is 26.7 Å². The lowest BCUT2D eigenvalue weighted by Crippen LogP contribution is -2.47. The molecule has 2 heterocycles. The van der Waals surface area contributed by atoms with Crippen molar-refractivity contribution >= 4 is 5.96 Å². The van der Waals surface area contributed by atoms with Crippen LogP contribution in [0.25, 0.3) is 0 Å². The van der Waals surface area contributed by atoms with Gasteiger partial charge in [0.1, 0.15) is 11.6 Å². The third kappa shape index (κ3) is 5.69. The summed E-state index contributed by atoms with van der Waals surface area (Å²) in [5.41, 5.74) is 1.14. The average Bonchev–Trinajstić information content (AvgIpc) is 3.07. The molecule has 0 radical (unpaired) electrons. The number of hydrogen-bond donors (Lipinski definition) is 1. The summed E-state index contributed by atoms with van der Waals surface area (Å²) in [6.45, 7) is 7.83. The molecule has 158 valence electrons. The molecule has 3 rings (SSSR count). The minimum absolute atomic E-state index is 0.348. The molecule has 0 saturated carbocycles. The normalized spacial score (nSPS) is 15.6. The molecule has 29 heavy (non-hydrogen) atoms. The zero-order valence-corrected chi connectivity index (χ0v) is 17.9. The summed E-state index contributed by atoms with van der Waals surface area (Å²) in [4.78, 5) is 7.20. The predicted molar refractivity (Wildman–Crippen MR) is 113 cm³/mol. The number of benzene rings is 1. The van der Waals surface area contributed by atoms with Crippen LogP contribution in [0.5, 0.6) is 5.75 Å². The van der Waals surface area contributed by atoms with Gasteiger partial charge in [0.2, 0.25) is 0 Å². The van der Waals surface area contributed by atoms with Gasteiger partial charge in [-0.2, -0.15) is 0 Å². The van der Waals surface area contributed by atoms with Gasteiger partial charge in [-0.25, -0.2) is 4.99 Å². The Hall–Kier alpha value is -2.61. The highest BCUT2D eigenvalue weighted by Crippen LogP contribution is 2.15. The molecule has 1 aromatic heterocycles. The fourth-order valence-electron chi connectivity index (χ4n) is 3.40. The van der Waals surface area contributed by atoms with Crippen molar-refractivity contribution in [2.45, 2.75) is 45.9 Å². The summed E-state index contributed by atoms with van der Waals surface area (Å²) < 4.78 is 13.0. The summed E-state index contributed by atoms with van der Waals surface area (Å²) in [6.07, 6.45) is 2.38. The average molecular weight is 401 g/mol. The fourth-order valence-corrected chi connectivity index (χ4v) is 3.40. The maximum atomic E-state index is 5.79. The number of guanidine groups is 1. The van der Waals surface area contributed by atoms with E-state index in [1.54, 1.807) is 7.11 Å². The molecule has 0 aliphatic carbocycles. The molecule has 0 bridgehead atoms. The van der Waals surface area contributed by atoms with Crippen LogP contribution in [-0.2, 0) is 24.9 Å². The van der Waals surface area contributed by atoms with Crippen molar-refractivity contribution in [2.24, 2.45) is 12.0 Å². The molecule has 0 unspecified atom stereocenters. The van der Waals surface area contributed by atoms with Crippen LogP contribution < -0.4 is 10.1 Å². The van der Waals surface area contributed by atoms with Crippen molar-refractivity contribution in [1.82, 2.24) is 25.0 Å². The molecule has 1 N–H and O–H groups in total. The molecule has 8 heteroatoms. The van der Waals surface area contributed by atoms with Gasteiger partial charge in [0.15, 0.2) is 11.8 Å². The Kier molecular flexibility index (Phi) is 7.46. The molecule has 1 aliphatic rings. The Morgan fingerprint density at radius 1 is 1.21 bits per heavy atom. The molecule has 2 aromatic rings. The quantitative estimate of drug-likeness (QED) is 0.568. The predicted octanol–water partition coefficient (Wildman–Crippen LogP) is 2.28. The van der Waals surface area contributed by atoms with Gasteiger partial charge in [-0.1, -0.05) is 12.1 Å². The minimum Gasteiger partial charge on any atom is -0.497 e. The standard InChI is InChI=1S/C21H32N6O2/c1-5-29-19-10-12-27(13-11-19)21(23-15-20-25-24-16(2)26(20)3)22-14-17-6-8-18(28-4)9-7-17/h6-9,19H,5,10-15H2,1-4H3,(H,22,23). The van der Waals surface area contributed by atoms with Gasteiger partial charge in [0.25, 0.3) is 0 Å². The second-order valence-corrected chi connectivity index (χ2v) is 7.21. The van der Waals surface area contributed by atoms with Gasteiger partial charge in [-0.3, -0.25) is 0 Å².